The molecule has 3 heteroatoms. The fourth-order valence-electron chi connectivity index (χ4n) is 3.18. The molecule has 0 fully saturated rings. The summed E-state index contributed by atoms with van der Waals surface area (Å²) < 4.78 is 2.07. The predicted molar refractivity (Wildman–Crippen MR) is 99.6 cm³/mol. The molecule has 0 spiro atoms. The Morgan fingerprint density at radius 3 is 1.26 bits per heavy atom. The van der Waals surface area contributed by atoms with Crippen LogP contribution in [0.15, 0.2) is 12.7 Å². The zero-order valence-corrected chi connectivity index (χ0v) is 15.5. The average molecular weight is 322 g/mol. The molecule has 0 aliphatic heterocycles. The third-order valence-electron chi connectivity index (χ3n) is 4.74. The van der Waals surface area contributed by atoms with Gasteiger partial charge in [-0.2, -0.15) is 0 Å². The SMILES string of the molecule is CCCCCCCCCCCCCCCCCCn1cnnc1. The molecular formula is C20H39N3. The lowest BCUT2D eigenvalue weighted by Crippen LogP contribution is -1.94. The molecule has 0 radical (unpaired) electrons. The van der Waals surface area contributed by atoms with E-state index in [1.165, 1.54) is 103 Å². The van der Waals surface area contributed by atoms with Gasteiger partial charge < -0.3 is 4.57 Å². The normalized spacial score (nSPS) is 11.2. The van der Waals surface area contributed by atoms with Crippen LogP contribution in [-0.2, 0) is 6.54 Å². The fraction of sp³-hybridized carbons (Fsp3) is 0.900. The second kappa shape index (κ2) is 16.0. The molecule has 0 atom stereocenters. The smallest absolute Gasteiger partial charge is 0.119 e. The molecule has 3 nitrogen and oxygen atoms in total. The minimum absolute atomic E-state index is 1.07. The van der Waals surface area contributed by atoms with Crippen LogP contribution < -0.4 is 0 Å². The van der Waals surface area contributed by atoms with Crippen LogP contribution in [0.25, 0.3) is 0 Å². The number of hydrogen-bond donors (Lipinski definition) is 0. The zero-order chi connectivity index (χ0) is 16.4. The van der Waals surface area contributed by atoms with Crippen molar-refractivity contribution in [2.75, 3.05) is 0 Å². The van der Waals surface area contributed by atoms with Crippen molar-refractivity contribution in [1.29, 1.82) is 0 Å². The Balaban J connectivity index is 1.67. The molecule has 1 heterocycles. The van der Waals surface area contributed by atoms with Gasteiger partial charge in [0.25, 0.3) is 0 Å². The Morgan fingerprint density at radius 2 is 0.870 bits per heavy atom. The van der Waals surface area contributed by atoms with Crippen molar-refractivity contribution in [2.24, 2.45) is 0 Å². The first-order chi connectivity index (χ1) is 11.4. The maximum Gasteiger partial charge on any atom is 0.119 e. The van der Waals surface area contributed by atoms with Crippen molar-refractivity contribution in [3.05, 3.63) is 12.7 Å². The van der Waals surface area contributed by atoms with Crippen LogP contribution in [0.4, 0.5) is 0 Å². The Bertz CT molecular complexity index is 322. The van der Waals surface area contributed by atoms with Crippen molar-refractivity contribution in [1.82, 2.24) is 14.8 Å². The molecule has 0 saturated carbocycles. The standard InChI is InChI=1S/C20H39N3/c1-2-3-4-5-6-7-8-9-10-11-12-13-14-15-16-17-18-23-19-21-22-20-23/h19-20H,2-18H2,1H3. The highest BCUT2D eigenvalue weighted by atomic mass is 15.2. The number of aromatic nitrogens is 3. The van der Waals surface area contributed by atoms with Gasteiger partial charge in [-0.25, -0.2) is 0 Å². The van der Waals surface area contributed by atoms with E-state index in [1.807, 2.05) is 12.7 Å². The minimum atomic E-state index is 1.07. The van der Waals surface area contributed by atoms with Crippen molar-refractivity contribution in [2.45, 2.75) is 116 Å². The average Bonchev–Trinajstić information content (AvgIpc) is 3.08. The van der Waals surface area contributed by atoms with Gasteiger partial charge in [0.2, 0.25) is 0 Å². The first kappa shape index (κ1) is 20.2. The van der Waals surface area contributed by atoms with Crippen LogP contribution in [0.2, 0.25) is 0 Å². The lowest BCUT2D eigenvalue weighted by molar-refractivity contribution is 0.520. The molecule has 0 bridgehead atoms. The maximum absolute atomic E-state index is 3.83. The van der Waals surface area contributed by atoms with E-state index in [0.717, 1.165) is 6.54 Å². The summed E-state index contributed by atoms with van der Waals surface area (Å²) in [5.74, 6) is 0. The lowest BCUT2D eigenvalue weighted by Gasteiger charge is -2.04. The van der Waals surface area contributed by atoms with Gasteiger partial charge in [0.1, 0.15) is 12.7 Å². The topological polar surface area (TPSA) is 30.7 Å². The molecule has 1 aromatic heterocycles. The summed E-state index contributed by atoms with van der Waals surface area (Å²) in [5.41, 5.74) is 0. The number of aryl methyl sites for hydroxylation is 1. The second-order valence-electron chi connectivity index (χ2n) is 7.00. The molecule has 1 rings (SSSR count). The monoisotopic (exact) mass is 321 g/mol. The van der Waals surface area contributed by atoms with Crippen LogP contribution in [0.5, 0.6) is 0 Å². The van der Waals surface area contributed by atoms with Crippen molar-refractivity contribution >= 4 is 0 Å². The first-order valence-corrected chi connectivity index (χ1v) is 10.3. The van der Waals surface area contributed by atoms with Gasteiger partial charge in [-0.3, -0.25) is 0 Å². The Kier molecular flexibility index (Phi) is 14.1. The van der Waals surface area contributed by atoms with Crippen LogP contribution in [0.3, 0.4) is 0 Å². The molecule has 0 aromatic carbocycles. The summed E-state index contributed by atoms with van der Waals surface area (Å²) in [6.45, 7) is 3.37. The number of nitrogens with zero attached hydrogens (tertiary/aromatic N) is 3. The van der Waals surface area contributed by atoms with Gasteiger partial charge in [0.05, 0.1) is 0 Å². The highest BCUT2D eigenvalue weighted by Gasteiger charge is 1.95. The third kappa shape index (κ3) is 13.3. The Labute approximate surface area is 144 Å². The summed E-state index contributed by atoms with van der Waals surface area (Å²) in [6, 6.07) is 0. The fourth-order valence-corrected chi connectivity index (χ4v) is 3.18. The van der Waals surface area contributed by atoms with Gasteiger partial charge in [0.15, 0.2) is 0 Å². The number of rotatable bonds is 17. The maximum atomic E-state index is 3.83. The molecule has 0 saturated heterocycles. The van der Waals surface area contributed by atoms with Gasteiger partial charge in [-0.15, -0.1) is 10.2 Å². The van der Waals surface area contributed by atoms with Crippen molar-refractivity contribution in [3.8, 4) is 0 Å². The van der Waals surface area contributed by atoms with E-state index in [2.05, 4.69) is 21.7 Å². The van der Waals surface area contributed by atoms with E-state index in [-0.39, 0.29) is 0 Å². The predicted octanol–water partition coefficient (Wildman–Crippen LogP) is 6.54. The summed E-state index contributed by atoms with van der Waals surface area (Å²) >= 11 is 0. The largest absolute Gasteiger partial charge is 0.320 e. The number of hydrogen-bond acceptors (Lipinski definition) is 2. The molecule has 1 aromatic rings. The Hall–Kier alpha value is -0.860. The summed E-state index contributed by atoms with van der Waals surface area (Å²) in [6.07, 6.45) is 26.4. The molecule has 0 N–H and O–H groups in total. The van der Waals surface area contributed by atoms with Crippen LogP contribution >= 0.6 is 0 Å². The Morgan fingerprint density at radius 1 is 0.522 bits per heavy atom. The van der Waals surface area contributed by atoms with E-state index >= 15 is 0 Å². The summed E-state index contributed by atoms with van der Waals surface area (Å²) in [4.78, 5) is 0. The summed E-state index contributed by atoms with van der Waals surface area (Å²) in [7, 11) is 0. The van der Waals surface area contributed by atoms with E-state index in [9.17, 15) is 0 Å². The van der Waals surface area contributed by atoms with Gasteiger partial charge in [0, 0.05) is 6.54 Å². The minimum Gasteiger partial charge on any atom is -0.320 e. The first-order valence-electron chi connectivity index (χ1n) is 10.3. The second-order valence-corrected chi connectivity index (χ2v) is 7.00. The van der Waals surface area contributed by atoms with Crippen LogP contribution in [0.1, 0.15) is 110 Å². The molecule has 0 aliphatic rings. The van der Waals surface area contributed by atoms with Crippen molar-refractivity contribution < 1.29 is 0 Å². The zero-order valence-electron chi connectivity index (χ0n) is 15.5. The molecule has 134 valence electrons. The lowest BCUT2D eigenvalue weighted by atomic mass is 10.0. The van der Waals surface area contributed by atoms with Crippen molar-refractivity contribution in [3.63, 3.8) is 0 Å². The number of unbranched alkanes of at least 4 members (excludes halogenated alkanes) is 15. The highest BCUT2D eigenvalue weighted by molar-refractivity contribution is 4.59. The van der Waals surface area contributed by atoms with Gasteiger partial charge in [-0.1, -0.05) is 103 Å². The van der Waals surface area contributed by atoms with E-state index < -0.39 is 0 Å². The highest BCUT2D eigenvalue weighted by Crippen LogP contribution is 2.13. The van der Waals surface area contributed by atoms with Gasteiger partial charge >= 0.3 is 0 Å². The van der Waals surface area contributed by atoms with E-state index in [0.29, 0.717) is 0 Å². The summed E-state index contributed by atoms with van der Waals surface area (Å²) in [5, 5.41) is 7.65. The molecule has 23 heavy (non-hydrogen) atoms. The molecular weight excluding hydrogens is 282 g/mol. The van der Waals surface area contributed by atoms with Crippen LogP contribution in [0, 0.1) is 0 Å². The van der Waals surface area contributed by atoms with Gasteiger partial charge in [-0.05, 0) is 6.42 Å². The molecule has 0 unspecified atom stereocenters. The molecule has 0 aliphatic carbocycles. The molecule has 0 amide bonds. The van der Waals surface area contributed by atoms with E-state index in [4.69, 9.17) is 0 Å². The quantitative estimate of drug-likeness (QED) is 0.305. The van der Waals surface area contributed by atoms with E-state index in [1.54, 1.807) is 0 Å². The third-order valence-corrected chi connectivity index (χ3v) is 4.74. The van der Waals surface area contributed by atoms with Crippen LogP contribution in [-0.4, -0.2) is 14.8 Å².